The van der Waals surface area contributed by atoms with Crippen LogP contribution in [0, 0.1) is 0 Å². The van der Waals surface area contributed by atoms with Crippen molar-refractivity contribution in [2.45, 2.75) is 31.1 Å². The minimum Gasteiger partial charge on any atom is -0.408 e. The summed E-state index contributed by atoms with van der Waals surface area (Å²) in [7, 11) is 4.06. The molecule has 0 amide bonds. The van der Waals surface area contributed by atoms with E-state index in [0.29, 0.717) is 28.4 Å². The molecule has 2 heterocycles. The second-order valence-corrected chi connectivity index (χ2v) is 8.68. The molecule has 4 aromatic rings. The number of H-pyrrole nitrogens is 1. The van der Waals surface area contributed by atoms with Gasteiger partial charge in [0.15, 0.2) is 22.3 Å². The smallest absolute Gasteiger partial charge is 0.408 e. The summed E-state index contributed by atoms with van der Waals surface area (Å²) >= 11 is 1.36. The lowest BCUT2D eigenvalue weighted by atomic mass is 10.1. The molecule has 0 saturated carbocycles. The number of Topliss-reactive ketones (excluding diaryl/α,β-unsaturated/α-hetero) is 1. The van der Waals surface area contributed by atoms with Gasteiger partial charge in [0, 0.05) is 5.56 Å². The fourth-order valence-electron chi connectivity index (χ4n) is 3.68. The number of carbonyl (C=O) groups excluding carboxylic acids is 1. The highest BCUT2D eigenvalue weighted by Gasteiger charge is 2.23. The number of oxazole rings is 1. The third-order valence-electron chi connectivity index (χ3n) is 5.31. The SMILES string of the molecule is CC[C@@H](c1nnc(SCC(=O)c2ccc3[nH]c(=O)oc3c2)n1Cc1ccccc1)N(C)C. The van der Waals surface area contributed by atoms with Gasteiger partial charge in [0.1, 0.15) is 0 Å². The molecule has 0 fully saturated rings. The van der Waals surface area contributed by atoms with Gasteiger partial charge in [-0.3, -0.25) is 14.7 Å². The Morgan fingerprint density at radius 3 is 2.69 bits per heavy atom. The van der Waals surface area contributed by atoms with Gasteiger partial charge in [-0.25, -0.2) is 4.79 Å². The average Bonchev–Trinajstić information content (AvgIpc) is 3.35. The number of carbonyl (C=O) groups is 1. The van der Waals surface area contributed by atoms with E-state index >= 15 is 0 Å². The highest BCUT2D eigenvalue weighted by molar-refractivity contribution is 7.99. The fraction of sp³-hybridized carbons (Fsp3) is 0.304. The molecule has 0 aliphatic heterocycles. The van der Waals surface area contributed by atoms with E-state index in [2.05, 4.69) is 43.7 Å². The van der Waals surface area contributed by atoms with Crippen LogP contribution in [0.25, 0.3) is 11.1 Å². The van der Waals surface area contributed by atoms with Gasteiger partial charge in [-0.15, -0.1) is 10.2 Å². The molecule has 0 saturated heterocycles. The maximum atomic E-state index is 12.8. The Kier molecular flexibility index (Phi) is 6.57. The first-order valence-corrected chi connectivity index (χ1v) is 11.4. The van der Waals surface area contributed by atoms with E-state index in [1.165, 1.54) is 11.8 Å². The molecule has 2 aromatic heterocycles. The second kappa shape index (κ2) is 9.54. The number of rotatable bonds is 9. The van der Waals surface area contributed by atoms with Crippen LogP contribution in [0.4, 0.5) is 0 Å². The number of aromatic amines is 1. The van der Waals surface area contributed by atoms with E-state index in [1.54, 1.807) is 18.2 Å². The first-order valence-electron chi connectivity index (χ1n) is 10.4. The van der Waals surface area contributed by atoms with E-state index < -0.39 is 5.76 Å². The normalized spacial score (nSPS) is 12.5. The number of hydrogen-bond donors (Lipinski definition) is 1. The van der Waals surface area contributed by atoms with Crippen LogP contribution in [-0.2, 0) is 6.54 Å². The van der Waals surface area contributed by atoms with Crippen molar-refractivity contribution in [2.75, 3.05) is 19.8 Å². The standard InChI is InChI=1S/C23H25N5O3S/c1-4-18(27(2)3)21-25-26-22(28(21)13-15-8-6-5-7-9-15)32-14-19(29)16-10-11-17-20(12-16)31-23(30)24-17/h5-12,18H,4,13-14H2,1-3H3,(H,24,30)/t18-/m0/s1. The number of aromatic nitrogens is 4. The summed E-state index contributed by atoms with van der Waals surface area (Å²) in [6.07, 6.45) is 0.894. The molecule has 0 radical (unpaired) electrons. The molecular weight excluding hydrogens is 426 g/mol. The Balaban J connectivity index is 1.58. The van der Waals surface area contributed by atoms with Crippen molar-refractivity contribution < 1.29 is 9.21 Å². The second-order valence-electron chi connectivity index (χ2n) is 7.74. The van der Waals surface area contributed by atoms with Crippen LogP contribution in [0.3, 0.4) is 0 Å². The van der Waals surface area contributed by atoms with Crippen LogP contribution in [0.5, 0.6) is 0 Å². The molecule has 0 aliphatic carbocycles. The Bertz CT molecular complexity index is 1280. The van der Waals surface area contributed by atoms with Crippen molar-refractivity contribution in [2.24, 2.45) is 0 Å². The largest absolute Gasteiger partial charge is 0.417 e. The van der Waals surface area contributed by atoms with Crippen molar-refractivity contribution >= 4 is 28.6 Å². The van der Waals surface area contributed by atoms with Crippen molar-refractivity contribution in [3.63, 3.8) is 0 Å². The van der Waals surface area contributed by atoms with E-state index in [0.717, 1.165) is 17.8 Å². The molecule has 2 aromatic carbocycles. The molecule has 0 spiro atoms. The molecule has 9 heteroatoms. The number of fused-ring (bicyclic) bond motifs is 1. The molecule has 0 unspecified atom stereocenters. The number of benzene rings is 2. The van der Waals surface area contributed by atoms with Gasteiger partial charge in [-0.1, -0.05) is 49.0 Å². The summed E-state index contributed by atoms with van der Waals surface area (Å²) in [5, 5.41) is 9.60. The Labute approximate surface area is 189 Å². The molecule has 166 valence electrons. The monoisotopic (exact) mass is 451 g/mol. The molecule has 32 heavy (non-hydrogen) atoms. The van der Waals surface area contributed by atoms with Gasteiger partial charge in [0.25, 0.3) is 0 Å². The van der Waals surface area contributed by atoms with E-state index in [1.807, 2.05) is 32.3 Å². The first kappa shape index (κ1) is 22.0. The van der Waals surface area contributed by atoms with Gasteiger partial charge >= 0.3 is 5.76 Å². The molecular formula is C23H25N5O3S. The van der Waals surface area contributed by atoms with Crippen molar-refractivity contribution in [3.8, 4) is 0 Å². The quantitative estimate of drug-likeness (QED) is 0.306. The Hall–Kier alpha value is -3.17. The van der Waals surface area contributed by atoms with Crippen LogP contribution in [0.2, 0.25) is 0 Å². The summed E-state index contributed by atoms with van der Waals surface area (Å²) in [5.41, 5.74) is 2.57. The number of ketones is 1. The van der Waals surface area contributed by atoms with Gasteiger partial charge < -0.3 is 8.98 Å². The lowest BCUT2D eigenvalue weighted by Gasteiger charge is -2.23. The van der Waals surface area contributed by atoms with E-state index in [9.17, 15) is 9.59 Å². The Morgan fingerprint density at radius 2 is 1.97 bits per heavy atom. The topological polar surface area (TPSA) is 97.0 Å². The number of hydrogen-bond acceptors (Lipinski definition) is 7. The zero-order valence-electron chi connectivity index (χ0n) is 18.2. The molecule has 4 rings (SSSR count). The summed E-state index contributed by atoms with van der Waals surface area (Å²) < 4.78 is 7.16. The highest BCUT2D eigenvalue weighted by Crippen LogP contribution is 2.27. The van der Waals surface area contributed by atoms with Crippen LogP contribution in [0.1, 0.15) is 41.1 Å². The zero-order valence-corrected chi connectivity index (χ0v) is 19.1. The summed E-state index contributed by atoms with van der Waals surface area (Å²) in [6, 6.07) is 15.2. The van der Waals surface area contributed by atoms with Gasteiger partial charge in [0.2, 0.25) is 0 Å². The Morgan fingerprint density at radius 1 is 1.19 bits per heavy atom. The molecule has 8 nitrogen and oxygen atoms in total. The third kappa shape index (κ3) is 4.68. The average molecular weight is 452 g/mol. The molecule has 1 atom stereocenters. The predicted molar refractivity (Wildman–Crippen MR) is 124 cm³/mol. The molecule has 0 bridgehead atoms. The predicted octanol–water partition coefficient (Wildman–Crippen LogP) is 3.75. The van der Waals surface area contributed by atoms with Crippen molar-refractivity contribution in [3.05, 3.63) is 76.0 Å². The van der Waals surface area contributed by atoms with Crippen LogP contribution < -0.4 is 5.76 Å². The number of thioether (sulfide) groups is 1. The lowest BCUT2D eigenvalue weighted by molar-refractivity contribution is 0.102. The number of nitrogens with one attached hydrogen (secondary N) is 1. The van der Waals surface area contributed by atoms with E-state index in [-0.39, 0.29) is 17.6 Å². The fourth-order valence-corrected chi connectivity index (χ4v) is 4.52. The minimum atomic E-state index is -0.535. The van der Waals surface area contributed by atoms with Crippen LogP contribution in [0.15, 0.2) is 62.9 Å². The van der Waals surface area contributed by atoms with Crippen LogP contribution in [-0.4, -0.2) is 50.3 Å². The number of nitrogens with zero attached hydrogens (tertiary/aromatic N) is 4. The van der Waals surface area contributed by atoms with Crippen molar-refractivity contribution in [1.82, 2.24) is 24.6 Å². The van der Waals surface area contributed by atoms with Gasteiger partial charge in [-0.2, -0.15) is 0 Å². The highest BCUT2D eigenvalue weighted by atomic mass is 32.2. The van der Waals surface area contributed by atoms with E-state index in [4.69, 9.17) is 4.42 Å². The van der Waals surface area contributed by atoms with Crippen LogP contribution >= 0.6 is 11.8 Å². The molecule has 1 N–H and O–H groups in total. The maximum Gasteiger partial charge on any atom is 0.417 e. The van der Waals surface area contributed by atoms with Gasteiger partial charge in [-0.05, 0) is 44.3 Å². The lowest BCUT2D eigenvalue weighted by Crippen LogP contribution is -2.23. The third-order valence-corrected chi connectivity index (χ3v) is 6.28. The minimum absolute atomic E-state index is 0.0730. The summed E-state index contributed by atoms with van der Waals surface area (Å²) in [6.45, 7) is 2.75. The maximum absolute atomic E-state index is 12.8. The first-order chi connectivity index (χ1) is 15.5. The zero-order chi connectivity index (χ0) is 22.7. The summed E-state index contributed by atoms with van der Waals surface area (Å²) in [5.74, 6) is 0.473. The summed E-state index contributed by atoms with van der Waals surface area (Å²) in [4.78, 5) is 28.9. The van der Waals surface area contributed by atoms with Gasteiger partial charge in [0.05, 0.1) is 23.9 Å². The molecule has 0 aliphatic rings. The van der Waals surface area contributed by atoms with Crippen molar-refractivity contribution in [1.29, 1.82) is 0 Å².